The molecule has 6 heteroatoms. The van der Waals surface area contributed by atoms with E-state index in [9.17, 15) is 5.11 Å². The summed E-state index contributed by atoms with van der Waals surface area (Å²) >= 11 is 6.23. The summed E-state index contributed by atoms with van der Waals surface area (Å²) in [5, 5.41) is 19.1. The highest BCUT2D eigenvalue weighted by Crippen LogP contribution is 2.26. The molecule has 0 aliphatic rings. The van der Waals surface area contributed by atoms with E-state index in [1.807, 2.05) is 30.3 Å². The Hall–Kier alpha value is -2.05. The first-order valence-electron chi connectivity index (χ1n) is 5.54. The second-order valence-electron chi connectivity index (χ2n) is 3.87. The quantitative estimate of drug-likeness (QED) is 0.556. The van der Waals surface area contributed by atoms with Gasteiger partial charge in [-0.25, -0.2) is 4.99 Å². The van der Waals surface area contributed by atoms with Crippen LogP contribution in [0.25, 0.3) is 10.8 Å². The van der Waals surface area contributed by atoms with E-state index >= 15 is 0 Å². The largest absolute Gasteiger partial charge is 0.507 e. The van der Waals surface area contributed by atoms with Crippen molar-refractivity contribution >= 4 is 45.7 Å². The number of rotatable bonds is 2. The molecule has 0 aliphatic heterocycles. The smallest absolute Gasteiger partial charge is 0.230 e. The van der Waals surface area contributed by atoms with Gasteiger partial charge in [-0.15, -0.1) is 5.10 Å². The maximum absolute atomic E-state index is 9.96. The highest BCUT2D eigenvalue weighted by atomic mass is 32.1. The normalized spacial score (nSPS) is 11.4. The molecular weight excluding hydrogens is 278 g/mol. The van der Waals surface area contributed by atoms with Crippen LogP contribution in [0.15, 0.2) is 41.4 Å². The van der Waals surface area contributed by atoms with E-state index < -0.39 is 0 Å². The molecule has 1 heterocycles. The Labute approximate surface area is 118 Å². The van der Waals surface area contributed by atoms with Gasteiger partial charge in [0.1, 0.15) is 5.75 Å². The van der Waals surface area contributed by atoms with Crippen LogP contribution in [-0.4, -0.2) is 21.5 Å². The van der Waals surface area contributed by atoms with Crippen LogP contribution >= 0.6 is 23.6 Å². The summed E-state index contributed by atoms with van der Waals surface area (Å²) in [4.78, 5) is 4.23. The molecule has 0 unspecified atom stereocenters. The van der Waals surface area contributed by atoms with Crippen LogP contribution in [0.3, 0.4) is 0 Å². The number of phenolic OH excluding ortho intramolecular Hbond substituents is 1. The van der Waals surface area contributed by atoms with Crippen LogP contribution in [0.4, 0.5) is 5.13 Å². The van der Waals surface area contributed by atoms with Gasteiger partial charge in [-0.1, -0.05) is 41.7 Å². The van der Waals surface area contributed by atoms with Gasteiger partial charge >= 0.3 is 0 Å². The van der Waals surface area contributed by atoms with E-state index in [1.165, 1.54) is 11.3 Å². The lowest BCUT2D eigenvalue weighted by Gasteiger charge is -2.03. The summed E-state index contributed by atoms with van der Waals surface area (Å²) < 4.78 is 0.578. The van der Waals surface area contributed by atoms with Gasteiger partial charge in [0.25, 0.3) is 0 Å². The molecular formula is C13H9N3OS2. The van der Waals surface area contributed by atoms with Crippen LogP contribution in [0, 0.1) is 3.95 Å². The number of phenols is 1. The monoisotopic (exact) mass is 287 g/mol. The topological polar surface area (TPSA) is 61.3 Å². The van der Waals surface area contributed by atoms with Crippen molar-refractivity contribution in [1.82, 2.24) is 10.2 Å². The second-order valence-corrected chi connectivity index (χ2v) is 5.52. The zero-order chi connectivity index (χ0) is 13.2. The third kappa shape index (κ3) is 2.40. The highest BCUT2D eigenvalue weighted by molar-refractivity contribution is 7.73. The molecule has 3 aromatic rings. The lowest BCUT2D eigenvalue weighted by Crippen LogP contribution is -1.85. The fourth-order valence-corrected chi connectivity index (χ4v) is 2.54. The molecule has 2 N–H and O–H groups in total. The van der Waals surface area contributed by atoms with Crippen molar-refractivity contribution in [2.24, 2.45) is 4.99 Å². The maximum Gasteiger partial charge on any atom is 0.230 e. The Balaban J connectivity index is 2.11. The summed E-state index contributed by atoms with van der Waals surface area (Å²) in [6, 6.07) is 11.4. The predicted molar refractivity (Wildman–Crippen MR) is 80.2 cm³/mol. The number of benzene rings is 2. The third-order valence-electron chi connectivity index (χ3n) is 2.68. The van der Waals surface area contributed by atoms with Gasteiger partial charge in [0, 0.05) is 11.8 Å². The summed E-state index contributed by atoms with van der Waals surface area (Å²) in [6.07, 6.45) is 1.61. The van der Waals surface area contributed by atoms with Crippen LogP contribution in [0.5, 0.6) is 5.75 Å². The molecule has 4 nitrogen and oxygen atoms in total. The first-order chi connectivity index (χ1) is 9.24. The molecule has 0 amide bonds. The number of nitrogens with zero attached hydrogens (tertiary/aromatic N) is 2. The molecule has 19 heavy (non-hydrogen) atoms. The average Bonchev–Trinajstić information content (AvgIpc) is 2.83. The Morgan fingerprint density at radius 1 is 1.26 bits per heavy atom. The third-order valence-corrected chi connectivity index (χ3v) is 3.68. The lowest BCUT2D eigenvalue weighted by molar-refractivity contribution is 0.475. The highest BCUT2D eigenvalue weighted by Gasteiger charge is 2.04. The molecule has 94 valence electrons. The number of hydrogen-bond donors (Lipinski definition) is 2. The average molecular weight is 287 g/mol. The van der Waals surface area contributed by atoms with Gasteiger partial charge in [-0.3, -0.25) is 5.10 Å². The molecule has 0 saturated carbocycles. The SMILES string of the molecule is Oc1ccc2ccccc2c1/C=N/c1n[nH]c(=S)s1. The van der Waals surface area contributed by atoms with Crippen molar-refractivity contribution in [1.29, 1.82) is 0 Å². The Kier molecular flexibility index (Phi) is 3.10. The van der Waals surface area contributed by atoms with Crippen molar-refractivity contribution in [3.8, 4) is 5.75 Å². The summed E-state index contributed by atoms with van der Waals surface area (Å²) in [5.74, 6) is 0.196. The molecule has 1 aromatic heterocycles. The van der Waals surface area contributed by atoms with Crippen LogP contribution in [0.1, 0.15) is 5.56 Å². The summed E-state index contributed by atoms with van der Waals surface area (Å²) in [5.41, 5.74) is 0.680. The molecule has 0 radical (unpaired) electrons. The van der Waals surface area contributed by atoms with Gasteiger partial charge in [0.05, 0.1) is 0 Å². The van der Waals surface area contributed by atoms with Crippen LogP contribution in [0.2, 0.25) is 0 Å². The number of aliphatic imine (C=N–C) groups is 1. The number of fused-ring (bicyclic) bond motifs is 1. The zero-order valence-electron chi connectivity index (χ0n) is 9.70. The number of aromatic nitrogens is 2. The van der Waals surface area contributed by atoms with Crippen molar-refractivity contribution < 1.29 is 5.11 Å². The minimum absolute atomic E-state index is 0.196. The molecule has 0 spiro atoms. The summed E-state index contributed by atoms with van der Waals surface area (Å²) in [6.45, 7) is 0. The van der Waals surface area contributed by atoms with Crippen LogP contribution < -0.4 is 0 Å². The Bertz CT molecular complexity index is 820. The predicted octanol–water partition coefficient (Wildman–Crippen LogP) is 3.81. The fourth-order valence-electron chi connectivity index (χ4n) is 1.82. The standard InChI is InChI=1S/C13H9N3OS2/c17-11-6-5-8-3-1-2-4-9(8)10(11)7-14-12-15-16-13(18)19-12/h1-7,17H,(H,16,18)/b14-7+. The molecule has 0 fully saturated rings. The number of nitrogens with one attached hydrogen (secondary N) is 1. The molecule has 2 aromatic carbocycles. The molecule has 0 atom stereocenters. The van der Waals surface area contributed by atoms with Crippen molar-refractivity contribution in [3.63, 3.8) is 0 Å². The number of H-pyrrole nitrogens is 1. The van der Waals surface area contributed by atoms with Gasteiger partial charge < -0.3 is 5.11 Å². The van der Waals surface area contributed by atoms with E-state index in [-0.39, 0.29) is 5.75 Å². The first kappa shape index (κ1) is 12.0. The lowest BCUT2D eigenvalue weighted by atomic mass is 10.0. The van der Waals surface area contributed by atoms with Gasteiger partial charge in [-0.05, 0) is 29.1 Å². The Morgan fingerprint density at radius 2 is 2.11 bits per heavy atom. The molecule has 3 rings (SSSR count). The second kappa shape index (κ2) is 4.91. The summed E-state index contributed by atoms with van der Waals surface area (Å²) in [7, 11) is 0. The minimum Gasteiger partial charge on any atom is -0.507 e. The number of hydrogen-bond acceptors (Lipinski definition) is 5. The van der Waals surface area contributed by atoms with E-state index in [0.29, 0.717) is 14.6 Å². The maximum atomic E-state index is 9.96. The van der Waals surface area contributed by atoms with Gasteiger partial charge in [0.2, 0.25) is 5.13 Å². The molecule has 0 aliphatic carbocycles. The van der Waals surface area contributed by atoms with Crippen molar-refractivity contribution in [2.75, 3.05) is 0 Å². The van der Waals surface area contributed by atoms with Gasteiger partial charge in [-0.2, -0.15) is 0 Å². The number of aromatic hydroxyl groups is 1. The van der Waals surface area contributed by atoms with Crippen molar-refractivity contribution in [3.05, 3.63) is 45.9 Å². The first-order valence-corrected chi connectivity index (χ1v) is 6.77. The minimum atomic E-state index is 0.196. The zero-order valence-corrected chi connectivity index (χ0v) is 11.3. The number of aromatic amines is 1. The van der Waals surface area contributed by atoms with Gasteiger partial charge in [0.15, 0.2) is 3.95 Å². The van der Waals surface area contributed by atoms with E-state index in [0.717, 1.165) is 10.8 Å². The van der Waals surface area contributed by atoms with E-state index in [2.05, 4.69) is 15.2 Å². The van der Waals surface area contributed by atoms with E-state index in [4.69, 9.17) is 12.2 Å². The van der Waals surface area contributed by atoms with E-state index in [1.54, 1.807) is 12.3 Å². The van der Waals surface area contributed by atoms with Crippen LogP contribution in [-0.2, 0) is 0 Å². The Morgan fingerprint density at radius 3 is 2.89 bits per heavy atom. The fraction of sp³-hybridized carbons (Fsp3) is 0. The van der Waals surface area contributed by atoms with Crippen molar-refractivity contribution in [2.45, 2.75) is 0 Å². The molecule has 0 saturated heterocycles. The molecule has 0 bridgehead atoms.